The molecule has 0 aliphatic carbocycles. The van der Waals surface area contributed by atoms with E-state index in [9.17, 15) is 13.2 Å². The number of benzene rings is 2. The summed E-state index contributed by atoms with van der Waals surface area (Å²) in [6.07, 6.45) is 3.07. The van der Waals surface area contributed by atoms with Gasteiger partial charge in [0.1, 0.15) is 6.04 Å². The van der Waals surface area contributed by atoms with Crippen molar-refractivity contribution in [1.29, 1.82) is 0 Å². The van der Waals surface area contributed by atoms with Crippen molar-refractivity contribution >= 4 is 22.1 Å². The Labute approximate surface area is 140 Å². The Morgan fingerprint density at radius 2 is 1.58 bits per heavy atom. The maximum Gasteiger partial charge on any atom is 0.322 e. The number of sulfonamides is 1. The maximum absolute atomic E-state index is 12.4. The number of hydrogen-bond donors (Lipinski definition) is 3. The monoisotopic (exact) mass is 346 g/mol. The molecule has 0 spiro atoms. The number of hydrogen-bond acceptors (Lipinski definition) is 4. The minimum atomic E-state index is -3.89. The average molecular weight is 346 g/mol. The topological polar surface area (TPSA) is 109 Å². The Kier molecular flexibility index (Phi) is 5.86. The van der Waals surface area contributed by atoms with Crippen LogP contribution in [0.3, 0.4) is 0 Å². The van der Waals surface area contributed by atoms with E-state index in [1.807, 2.05) is 30.3 Å². The maximum atomic E-state index is 12.4. The second-order valence-electron chi connectivity index (χ2n) is 5.09. The molecule has 0 bridgehead atoms. The Morgan fingerprint density at radius 3 is 2.12 bits per heavy atom. The summed E-state index contributed by atoms with van der Waals surface area (Å²) in [6, 6.07) is 14.3. The first-order chi connectivity index (χ1) is 11.4. The van der Waals surface area contributed by atoms with E-state index in [2.05, 4.69) is 4.72 Å². The van der Waals surface area contributed by atoms with Crippen LogP contribution in [0.25, 0.3) is 6.08 Å². The van der Waals surface area contributed by atoms with Crippen molar-refractivity contribution in [2.45, 2.75) is 17.0 Å². The fourth-order valence-electron chi connectivity index (χ4n) is 2.01. The Bertz CT molecular complexity index is 805. The molecule has 2 atom stereocenters. The average Bonchev–Trinajstić information content (AvgIpc) is 2.59. The van der Waals surface area contributed by atoms with Gasteiger partial charge < -0.3 is 10.8 Å². The lowest BCUT2D eigenvalue weighted by atomic mass is 10.1. The van der Waals surface area contributed by atoms with E-state index in [0.717, 1.165) is 5.56 Å². The molecular weight excluding hydrogens is 328 g/mol. The summed E-state index contributed by atoms with van der Waals surface area (Å²) in [4.78, 5) is 11.2. The largest absolute Gasteiger partial charge is 0.480 e. The van der Waals surface area contributed by atoms with E-state index in [4.69, 9.17) is 10.8 Å². The summed E-state index contributed by atoms with van der Waals surface area (Å²) in [5.74, 6) is -1.30. The van der Waals surface area contributed by atoms with Gasteiger partial charge in [-0.1, -0.05) is 60.7 Å². The molecule has 2 rings (SSSR count). The van der Waals surface area contributed by atoms with Crippen molar-refractivity contribution < 1.29 is 18.3 Å². The SMILES string of the molecule is N[C@@H](C(=O)O)[C@H](/C=C/c1ccccc1)NS(=O)(=O)c1ccccc1. The molecule has 0 saturated heterocycles. The number of nitrogens with two attached hydrogens (primary N) is 1. The van der Waals surface area contributed by atoms with Crippen molar-refractivity contribution in [3.8, 4) is 0 Å². The number of carboxylic acids is 1. The number of nitrogens with one attached hydrogen (secondary N) is 1. The van der Waals surface area contributed by atoms with Crippen LogP contribution in [0.4, 0.5) is 0 Å². The van der Waals surface area contributed by atoms with Gasteiger partial charge in [-0.2, -0.15) is 0 Å². The van der Waals surface area contributed by atoms with E-state index in [1.165, 1.54) is 18.2 Å². The number of carboxylic acid groups (broad SMARTS) is 1. The van der Waals surface area contributed by atoms with Gasteiger partial charge in [-0.3, -0.25) is 4.79 Å². The quantitative estimate of drug-likeness (QED) is 0.703. The van der Waals surface area contributed by atoms with Gasteiger partial charge in [-0.05, 0) is 17.7 Å². The number of carbonyl (C=O) groups is 1. The molecule has 0 aliphatic heterocycles. The van der Waals surface area contributed by atoms with E-state index >= 15 is 0 Å². The first kappa shape index (κ1) is 17.9. The summed E-state index contributed by atoms with van der Waals surface area (Å²) in [6.45, 7) is 0. The van der Waals surface area contributed by atoms with E-state index in [0.29, 0.717) is 0 Å². The molecule has 2 aromatic rings. The highest BCUT2D eigenvalue weighted by molar-refractivity contribution is 7.89. The summed E-state index contributed by atoms with van der Waals surface area (Å²) in [7, 11) is -3.89. The first-order valence-electron chi connectivity index (χ1n) is 7.19. The summed E-state index contributed by atoms with van der Waals surface area (Å²) in [5.41, 5.74) is 6.44. The summed E-state index contributed by atoms with van der Waals surface area (Å²) >= 11 is 0. The lowest BCUT2D eigenvalue weighted by Gasteiger charge is -2.19. The highest BCUT2D eigenvalue weighted by atomic mass is 32.2. The minimum Gasteiger partial charge on any atom is -0.480 e. The second-order valence-corrected chi connectivity index (χ2v) is 6.81. The molecule has 2 aromatic carbocycles. The van der Waals surface area contributed by atoms with Gasteiger partial charge in [-0.15, -0.1) is 0 Å². The highest BCUT2D eigenvalue weighted by Gasteiger charge is 2.27. The fraction of sp³-hybridized carbons (Fsp3) is 0.118. The van der Waals surface area contributed by atoms with Gasteiger partial charge in [0.15, 0.2) is 0 Å². The lowest BCUT2D eigenvalue weighted by molar-refractivity contribution is -0.138. The van der Waals surface area contributed by atoms with Gasteiger partial charge in [0, 0.05) is 0 Å². The van der Waals surface area contributed by atoms with Crippen molar-refractivity contribution in [3.05, 3.63) is 72.3 Å². The van der Waals surface area contributed by atoms with Crippen LogP contribution in [-0.4, -0.2) is 31.6 Å². The molecule has 0 heterocycles. The normalized spacial score (nSPS) is 14.4. The van der Waals surface area contributed by atoms with Crippen LogP contribution in [0.5, 0.6) is 0 Å². The molecule has 0 radical (unpaired) electrons. The van der Waals surface area contributed by atoms with Crippen LogP contribution < -0.4 is 10.5 Å². The molecule has 0 amide bonds. The zero-order chi connectivity index (χ0) is 17.6. The van der Waals surface area contributed by atoms with Gasteiger partial charge in [0.2, 0.25) is 10.0 Å². The number of aliphatic carboxylic acids is 1. The predicted octanol–water partition coefficient (Wildman–Crippen LogP) is 1.46. The molecule has 0 aliphatic rings. The zero-order valence-corrected chi connectivity index (χ0v) is 13.6. The third kappa shape index (κ3) is 4.76. The third-order valence-corrected chi connectivity index (χ3v) is 4.79. The Hall–Kier alpha value is -2.48. The van der Waals surface area contributed by atoms with Crippen LogP contribution in [0.2, 0.25) is 0 Å². The van der Waals surface area contributed by atoms with Crippen molar-refractivity contribution in [2.75, 3.05) is 0 Å². The number of rotatable bonds is 7. The van der Waals surface area contributed by atoms with E-state index in [1.54, 1.807) is 24.3 Å². The van der Waals surface area contributed by atoms with E-state index < -0.39 is 28.1 Å². The molecule has 126 valence electrons. The molecule has 6 nitrogen and oxygen atoms in total. The Balaban J connectivity index is 2.27. The third-order valence-electron chi connectivity index (χ3n) is 3.31. The molecule has 24 heavy (non-hydrogen) atoms. The van der Waals surface area contributed by atoms with Crippen LogP contribution in [0, 0.1) is 0 Å². The van der Waals surface area contributed by atoms with Crippen molar-refractivity contribution in [2.24, 2.45) is 5.73 Å². The fourth-order valence-corrected chi connectivity index (χ4v) is 3.25. The molecule has 0 unspecified atom stereocenters. The molecule has 0 saturated carbocycles. The molecule has 4 N–H and O–H groups in total. The standard InChI is InChI=1S/C17H18N2O4S/c18-16(17(20)21)15(12-11-13-7-3-1-4-8-13)19-24(22,23)14-9-5-2-6-10-14/h1-12,15-16,19H,18H2,(H,20,21)/b12-11+/t15-,16+/m0/s1. The molecule has 7 heteroatoms. The first-order valence-corrected chi connectivity index (χ1v) is 8.67. The van der Waals surface area contributed by atoms with Crippen LogP contribution >= 0.6 is 0 Å². The lowest BCUT2D eigenvalue weighted by Crippen LogP contribution is -2.50. The van der Waals surface area contributed by atoms with Gasteiger partial charge in [-0.25, -0.2) is 13.1 Å². The molecule has 0 fully saturated rings. The van der Waals surface area contributed by atoms with Gasteiger partial charge >= 0.3 is 5.97 Å². The Morgan fingerprint density at radius 1 is 1.04 bits per heavy atom. The summed E-state index contributed by atoms with van der Waals surface area (Å²) in [5, 5.41) is 9.12. The van der Waals surface area contributed by atoms with Crippen LogP contribution in [0.15, 0.2) is 71.6 Å². The smallest absolute Gasteiger partial charge is 0.322 e. The van der Waals surface area contributed by atoms with Crippen LogP contribution in [-0.2, 0) is 14.8 Å². The van der Waals surface area contributed by atoms with Gasteiger partial charge in [0.25, 0.3) is 0 Å². The van der Waals surface area contributed by atoms with Crippen molar-refractivity contribution in [1.82, 2.24) is 4.72 Å². The summed E-state index contributed by atoms with van der Waals surface area (Å²) < 4.78 is 27.1. The molecule has 0 aromatic heterocycles. The molecular formula is C17H18N2O4S. The van der Waals surface area contributed by atoms with Gasteiger partial charge in [0.05, 0.1) is 10.9 Å². The second kappa shape index (κ2) is 7.87. The van der Waals surface area contributed by atoms with E-state index in [-0.39, 0.29) is 4.90 Å². The predicted molar refractivity (Wildman–Crippen MR) is 91.6 cm³/mol. The minimum absolute atomic E-state index is 0.0423. The highest BCUT2D eigenvalue weighted by Crippen LogP contribution is 2.11. The van der Waals surface area contributed by atoms with Crippen LogP contribution in [0.1, 0.15) is 5.56 Å². The van der Waals surface area contributed by atoms with Crippen molar-refractivity contribution in [3.63, 3.8) is 0 Å². The zero-order valence-electron chi connectivity index (χ0n) is 12.7.